The number of nitrogens with zero attached hydrogens (tertiary/aromatic N) is 2. The molecule has 0 saturated carbocycles. The Hall–Kier alpha value is -2.21. The molecule has 5 nitrogen and oxygen atoms in total. The van der Waals surface area contributed by atoms with Crippen molar-refractivity contribution in [1.82, 2.24) is 15.2 Å². The molecule has 0 unspecified atom stereocenters. The van der Waals surface area contributed by atoms with Crippen LogP contribution in [0.1, 0.15) is 23.5 Å². The first kappa shape index (κ1) is 14.4. The van der Waals surface area contributed by atoms with Gasteiger partial charge in [0.1, 0.15) is 5.82 Å². The van der Waals surface area contributed by atoms with Gasteiger partial charge in [0.25, 0.3) is 5.89 Å². The molecule has 0 spiro atoms. The van der Waals surface area contributed by atoms with Gasteiger partial charge in [-0.1, -0.05) is 0 Å². The predicted molar refractivity (Wildman–Crippen MR) is 82.3 cm³/mol. The third-order valence-corrected chi connectivity index (χ3v) is 4.80. The summed E-state index contributed by atoms with van der Waals surface area (Å²) in [7, 11) is 0. The summed E-state index contributed by atoms with van der Waals surface area (Å²) >= 11 is 0. The van der Waals surface area contributed by atoms with Crippen LogP contribution in [-0.4, -0.2) is 41.5 Å². The van der Waals surface area contributed by atoms with Gasteiger partial charge in [-0.2, -0.15) is 0 Å². The summed E-state index contributed by atoms with van der Waals surface area (Å²) in [5.41, 5.74) is 0.695. The molecule has 23 heavy (non-hydrogen) atoms. The average molecular weight is 315 g/mol. The SMILES string of the molecule is O=C(N[C@H]1CN2CCC1CC2)c1ncc(-c2ccc(F)cc2)o1. The largest absolute Gasteiger partial charge is 0.432 e. The molecule has 1 aromatic heterocycles. The first-order valence-corrected chi connectivity index (χ1v) is 7.94. The molecular formula is C17H18FN3O2. The van der Waals surface area contributed by atoms with Gasteiger partial charge in [-0.05, 0) is 56.1 Å². The van der Waals surface area contributed by atoms with Crippen LogP contribution >= 0.6 is 0 Å². The maximum absolute atomic E-state index is 13.0. The van der Waals surface area contributed by atoms with Gasteiger partial charge in [0.2, 0.25) is 0 Å². The van der Waals surface area contributed by atoms with Crippen LogP contribution in [0.2, 0.25) is 0 Å². The third kappa shape index (κ3) is 2.86. The molecule has 1 atom stereocenters. The second kappa shape index (κ2) is 5.77. The van der Waals surface area contributed by atoms with Gasteiger partial charge in [0.15, 0.2) is 5.76 Å². The van der Waals surface area contributed by atoms with Crippen molar-refractivity contribution in [1.29, 1.82) is 0 Å². The van der Waals surface area contributed by atoms with E-state index in [4.69, 9.17) is 4.42 Å². The number of carbonyl (C=O) groups is 1. The zero-order chi connectivity index (χ0) is 15.8. The molecule has 1 N–H and O–H groups in total. The van der Waals surface area contributed by atoms with Crippen LogP contribution in [0.5, 0.6) is 0 Å². The molecule has 0 radical (unpaired) electrons. The molecule has 120 valence electrons. The maximum Gasteiger partial charge on any atom is 0.307 e. The lowest BCUT2D eigenvalue weighted by atomic mass is 9.84. The predicted octanol–water partition coefficient (Wildman–Crippen LogP) is 2.30. The summed E-state index contributed by atoms with van der Waals surface area (Å²) in [6.45, 7) is 3.16. The molecule has 2 bridgehead atoms. The highest BCUT2D eigenvalue weighted by Crippen LogP contribution is 2.28. The van der Waals surface area contributed by atoms with Crippen LogP contribution in [-0.2, 0) is 0 Å². The van der Waals surface area contributed by atoms with Gasteiger partial charge in [0.05, 0.1) is 6.20 Å². The van der Waals surface area contributed by atoms with Crippen LogP contribution in [0.3, 0.4) is 0 Å². The zero-order valence-corrected chi connectivity index (χ0v) is 12.7. The Labute approximate surface area is 133 Å². The van der Waals surface area contributed by atoms with Gasteiger partial charge in [-0.25, -0.2) is 9.37 Å². The topological polar surface area (TPSA) is 58.4 Å². The van der Waals surface area contributed by atoms with Crippen molar-refractivity contribution in [2.75, 3.05) is 19.6 Å². The van der Waals surface area contributed by atoms with Gasteiger partial charge >= 0.3 is 5.91 Å². The van der Waals surface area contributed by atoms with Crippen LogP contribution in [0, 0.1) is 11.7 Å². The summed E-state index contributed by atoms with van der Waals surface area (Å²) in [6.07, 6.45) is 3.77. The minimum absolute atomic E-state index is 0.0563. The molecule has 1 aromatic carbocycles. The normalized spacial score (nSPS) is 26.2. The second-order valence-electron chi connectivity index (χ2n) is 6.25. The Bertz CT molecular complexity index is 705. The van der Waals surface area contributed by atoms with Crippen LogP contribution in [0.25, 0.3) is 11.3 Å². The van der Waals surface area contributed by atoms with Gasteiger partial charge in [-0.15, -0.1) is 0 Å². The molecule has 1 amide bonds. The van der Waals surface area contributed by atoms with E-state index in [1.54, 1.807) is 12.1 Å². The van der Waals surface area contributed by atoms with Gasteiger partial charge in [-0.3, -0.25) is 4.79 Å². The summed E-state index contributed by atoms with van der Waals surface area (Å²) in [5.74, 6) is 0.478. The molecular weight excluding hydrogens is 297 g/mol. The number of rotatable bonds is 3. The maximum atomic E-state index is 13.0. The van der Waals surface area contributed by atoms with E-state index in [0.29, 0.717) is 17.2 Å². The Morgan fingerprint density at radius 1 is 1.26 bits per heavy atom. The highest BCUT2D eigenvalue weighted by Gasteiger charge is 2.35. The van der Waals surface area contributed by atoms with Crippen molar-refractivity contribution in [3.05, 3.63) is 42.2 Å². The lowest BCUT2D eigenvalue weighted by Gasteiger charge is -2.44. The summed E-state index contributed by atoms with van der Waals surface area (Å²) in [4.78, 5) is 18.8. The molecule has 3 aliphatic rings. The fourth-order valence-corrected chi connectivity index (χ4v) is 3.49. The molecule has 6 heteroatoms. The molecule has 3 saturated heterocycles. The van der Waals surface area contributed by atoms with E-state index in [9.17, 15) is 9.18 Å². The molecule has 0 aliphatic carbocycles. The Morgan fingerprint density at radius 3 is 2.65 bits per heavy atom. The number of hydrogen-bond donors (Lipinski definition) is 1. The average Bonchev–Trinajstić information content (AvgIpc) is 3.07. The fraction of sp³-hybridized carbons (Fsp3) is 0.412. The van der Waals surface area contributed by atoms with E-state index in [-0.39, 0.29) is 23.7 Å². The minimum Gasteiger partial charge on any atom is -0.432 e. The van der Waals surface area contributed by atoms with Gasteiger partial charge < -0.3 is 14.6 Å². The number of halogens is 1. The summed E-state index contributed by atoms with van der Waals surface area (Å²) in [5, 5.41) is 3.04. The highest BCUT2D eigenvalue weighted by molar-refractivity contribution is 5.90. The number of hydrogen-bond acceptors (Lipinski definition) is 4. The summed E-state index contributed by atoms with van der Waals surface area (Å²) in [6, 6.07) is 6.08. The van der Waals surface area contributed by atoms with Crippen molar-refractivity contribution in [3.8, 4) is 11.3 Å². The number of nitrogens with one attached hydrogen (secondary N) is 1. The quantitative estimate of drug-likeness (QED) is 0.944. The Morgan fingerprint density at radius 2 is 2.00 bits per heavy atom. The van der Waals surface area contributed by atoms with Crippen molar-refractivity contribution in [2.45, 2.75) is 18.9 Å². The Balaban J connectivity index is 1.46. The molecule has 5 rings (SSSR count). The molecule has 4 heterocycles. The van der Waals surface area contributed by atoms with Crippen LogP contribution in [0.15, 0.2) is 34.9 Å². The molecule has 2 aromatic rings. The minimum atomic E-state index is -0.311. The first-order valence-electron chi connectivity index (χ1n) is 7.94. The number of fused-ring (bicyclic) bond motifs is 3. The Kier molecular flexibility index (Phi) is 3.61. The van der Waals surface area contributed by atoms with Crippen LogP contribution < -0.4 is 5.32 Å². The van der Waals surface area contributed by atoms with E-state index in [2.05, 4.69) is 15.2 Å². The molecule has 3 fully saturated rings. The third-order valence-electron chi connectivity index (χ3n) is 4.80. The number of amides is 1. The number of benzene rings is 1. The lowest BCUT2D eigenvalue weighted by molar-refractivity contribution is 0.0602. The van der Waals surface area contributed by atoms with E-state index in [1.807, 2.05) is 0 Å². The monoisotopic (exact) mass is 315 g/mol. The highest BCUT2D eigenvalue weighted by atomic mass is 19.1. The van der Waals surface area contributed by atoms with E-state index >= 15 is 0 Å². The van der Waals surface area contributed by atoms with E-state index in [0.717, 1.165) is 32.5 Å². The van der Waals surface area contributed by atoms with E-state index in [1.165, 1.54) is 18.3 Å². The lowest BCUT2D eigenvalue weighted by Crippen LogP contribution is -2.57. The van der Waals surface area contributed by atoms with Crippen molar-refractivity contribution in [2.24, 2.45) is 5.92 Å². The second-order valence-corrected chi connectivity index (χ2v) is 6.25. The number of aromatic nitrogens is 1. The van der Waals surface area contributed by atoms with Gasteiger partial charge in [0, 0.05) is 18.2 Å². The first-order chi connectivity index (χ1) is 11.2. The van der Waals surface area contributed by atoms with E-state index < -0.39 is 0 Å². The van der Waals surface area contributed by atoms with Crippen molar-refractivity contribution in [3.63, 3.8) is 0 Å². The number of carbonyl (C=O) groups excluding carboxylic acids is 1. The smallest absolute Gasteiger partial charge is 0.307 e. The van der Waals surface area contributed by atoms with Crippen molar-refractivity contribution >= 4 is 5.91 Å². The molecule has 3 aliphatic heterocycles. The van der Waals surface area contributed by atoms with Crippen molar-refractivity contribution < 1.29 is 13.6 Å². The van der Waals surface area contributed by atoms with Crippen LogP contribution in [0.4, 0.5) is 4.39 Å². The fourth-order valence-electron chi connectivity index (χ4n) is 3.49. The number of oxazole rings is 1. The summed E-state index contributed by atoms with van der Waals surface area (Å²) < 4.78 is 18.5. The zero-order valence-electron chi connectivity index (χ0n) is 12.7. The standard InChI is InChI=1S/C17H18FN3O2/c18-13-3-1-12(2-4-13)15-9-19-17(23-15)16(22)20-14-10-21-7-5-11(14)6-8-21/h1-4,9,11,14H,5-8,10H2,(H,20,22)/t14-/m0/s1. The number of piperidine rings is 3.